The molecule has 0 aliphatic heterocycles. The number of oxazole rings is 1. The molecule has 36 heavy (non-hydrogen) atoms. The maximum absolute atomic E-state index is 10.4. The Bertz CT molecular complexity index is 1650. The van der Waals surface area contributed by atoms with Crippen LogP contribution in [0.25, 0.3) is 22.6 Å². The fraction of sp³-hybridized carbons (Fsp3) is 0.103. The minimum Gasteiger partial charge on any atom is -0.507 e. The van der Waals surface area contributed by atoms with Crippen LogP contribution in [0.4, 0.5) is 17.1 Å². The number of hydrogen-bond acceptors (Lipinski definition) is 6. The zero-order valence-electron chi connectivity index (χ0n) is 20.0. The fourth-order valence-corrected chi connectivity index (χ4v) is 4.07. The summed E-state index contributed by atoms with van der Waals surface area (Å²) in [6.07, 6.45) is 1.61. The monoisotopic (exact) mass is 494 g/mol. The second-order valence-corrected chi connectivity index (χ2v) is 9.07. The molecule has 0 amide bonds. The summed E-state index contributed by atoms with van der Waals surface area (Å²) in [6.45, 7) is 6.04. The number of benzene rings is 4. The molecule has 0 saturated heterocycles. The van der Waals surface area contributed by atoms with Crippen LogP contribution in [0.5, 0.6) is 5.75 Å². The molecule has 0 spiro atoms. The number of phenolic OH excluding ortho intramolecular Hbond substituents is 1. The zero-order valence-corrected chi connectivity index (χ0v) is 20.8. The highest BCUT2D eigenvalue weighted by atomic mass is 35.5. The fourth-order valence-electron chi connectivity index (χ4n) is 3.88. The molecule has 0 atom stereocenters. The predicted octanol–water partition coefficient (Wildman–Crippen LogP) is 8.95. The van der Waals surface area contributed by atoms with Crippen molar-refractivity contribution in [2.24, 2.45) is 15.2 Å². The van der Waals surface area contributed by atoms with Gasteiger partial charge in [0.05, 0.1) is 17.1 Å². The summed E-state index contributed by atoms with van der Waals surface area (Å²) >= 11 is 6.01. The van der Waals surface area contributed by atoms with Crippen molar-refractivity contribution in [2.45, 2.75) is 20.8 Å². The normalized spacial score (nSPS) is 11.8. The van der Waals surface area contributed by atoms with E-state index in [1.54, 1.807) is 36.5 Å². The van der Waals surface area contributed by atoms with Crippen molar-refractivity contribution in [1.29, 1.82) is 0 Å². The SMILES string of the molecule is Cc1cc(C)c2oc(-c3ccc(C)c(N=Cc4cc(N=Nc5cccc(Cl)c5)ccc4O)c3)nc2c1. The summed E-state index contributed by atoms with van der Waals surface area (Å²) in [5.74, 6) is 0.639. The van der Waals surface area contributed by atoms with Gasteiger partial charge in [-0.1, -0.05) is 29.8 Å². The first kappa shape index (κ1) is 23.5. The van der Waals surface area contributed by atoms with Gasteiger partial charge in [0.1, 0.15) is 11.3 Å². The Balaban J connectivity index is 1.43. The number of phenols is 1. The van der Waals surface area contributed by atoms with Gasteiger partial charge < -0.3 is 9.52 Å². The van der Waals surface area contributed by atoms with Crippen molar-refractivity contribution in [1.82, 2.24) is 4.98 Å². The smallest absolute Gasteiger partial charge is 0.227 e. The van der Waals surface area contributed by atoms with E-state index in [0.717, 1.165) is 39.0 Å². The van der Waals surface area contributed by atoms with E-state index < -0.39 is 0 Å². The van der Waals surface area contributed by atoms with Crippen LogP contribution in [0.1, 0.15) is 22.3 Å². The summed E-state index contributed by atoms with van der Waals surface area (Å²) in [4.78, 5) is 9.32. The molecule has 1 N–H and O–H groups in total. The highest BCUT2D eigenvalue weighted by Crippen LogP contribution is 2.32. The van der Waals surface area contributed by atoms with E-state index in [9.17, 15) is 5.11 Å². The van der Waals surface area contributed by atoms with Gasteiger partial charge in [-0.15, -0.1) is 0 Å². The molecule has 0 fully saturated rings. The molecule has 0 unspecified atom stereocenters. The number of hydrogen-bond donors (Lipinski definition) is 1. The number of nitrogens with zero attached hydrogens (tertiary/aromatic N) is 4. The molecule has 7 heteroatoms. The Morgan fingerprint density at radius 2 is 1.67 bits per heavy atom. The molecule has 0 radical (unpaired) electrons. The number of rotatable bonds is 5. The largest absolute Gasteiger partial charge is 0.507 e. The first-order chi connectivity index (χ1) is 17.4. The highest BCUT2D eigenvalue weighted by Gasteiger charge is 2.12. The van der Waals surface area contributed by atoms with Crippen molar-refractivity contribution in [2.75, 3.05) is 0 Å². The summed E-state index contributed by atoms with van der Waals surface area (Å²) in [5.41, 5.74) is 8.11. The molecule has 5 aromatic rings. The van der Waals surface area contributed by atoms with E-state index in [4.69, 9.17) is 16.0 Å². The summed E-state index contributed by atoms with van der Waals surface area (Å²) < 4.78 is 6.07. The maximum Gasteiger partial charge on any atom is 0.227 e. The van der Waals surface area contributed by atoms with E-state index in [1.165, 1.54) is 0 Å². The number of aliphatic imine (C=N–C) groups is 1. The molecule has 1 heterocycles. The first-order valence-electron chi connectivity index (χ1n) is 11.4. The molecule has 6 nitrogen and oxygen atoms in total. The molecule has 4 aromatic carbocycles. The lowest BCUT2D eigenvalue weighted by Crippen LogP contribution is -1.84. The molecule has 1 aromatic heterocycles. The van der Waals surface area contributed by atoms with E-state index in [0.29, 0.717) is 27.9 Å². The van der Waals surface area contributed by atoms with Gasteiger partial charge in [-0.3, -0.25) is 4.99 Å². The standard InChI is InChI=1S/C29H23ClN4O2/c1-17-11-19(3)28-26(12-17)32-29(36-28)20-8-7-18(2)25(14-20)31-16-21-13-24(9-10-27(21)35)34-33-23-6-4-5-22(30)15-23/h4-16,35H,1-3H3. The molecule has 178 valence electrons. The lowest BCUT2D eigenvalue weighted by atomic mass is 10.1. The summed E-state index contributed by atoms with van der Waals surface area (Å²) in [7, 11) is 0. The van der Waals surface area contributed by atoms with Crippen LogP contribution in [0.2, 0.25) is 5.02 Å². The van der Waals surface area contributed by atoms with Crippen LogP contribution in [0, 0.1) is 20.8 Å². The molecular weight excluding hydrogens is 472 g/mol. The molecule has 0 bridgehead atoms. The summed E-state index contributed by atoms with van der Waals surface area (Å²) in [5, 5.41) is 19.4. The second-order valence-electron chi connectivity index (χ2n) is 8.63. The third-order valence-electron chi connectivity index (χ3n) is 5.72. The van der Waals surface area contributed by atoms with Gasteiger partial charge in [-0.2, -0.15) is 10.2 Å². The van der Waals surface area contributed by atoms with Crippen molar-refractivity contribution in [3.05, 3.63) is 100 Å². The number of halogens is 1. The molecule has 5 rings (SSSR count). The van der Waals surface area contributed by atoms with E-state index in [-0.39, 0.29) is 5.75 Å². The summed E-state index contributed by atoms with van der Waals surface area (Å²) in [6, 6.07) is 22.1. The van der Waals surface area contributed by atoms with Crippen molar-refractivity contribution >= 4 is 46.0 Å². The minimum absolute atomic E-state index is 0.0964. The Labute approximate surface area is 213 Å². The van der Waals surface area contributed by atoms with Gasteiger partial charge in [0.2, 0.25) is 5.89 Å². The van der Waals surface area contributed by atoms with Crippen LogP contribution in [0.3, 0.4) is 0 Å². The quantitative estimate of drug-likeness (QED) is 0.195. The van der Waals surface area contributed by atoms with Gasteiger partial charge in [0.25, 0.3) is 0 Å². The highest BCUT2D eigenvalue weighted by molar-refractivity contribution is 6.30. The van der Waals surface area contributed by atoms with E-state index in [2.05, 4.69) is 26.3 Å². The van der Waals surface area contributed by atoms with Crippen LogP contribution >= 0.6 is 11.6 Å². The van der Waals surface area contributed by atoms with Gasteiger partial charge in [-0.05, 0) is 92.1 Å². The topological polar surface area (TPSA) is 83.3 Å². The van der Waals surface area contributed by atoms with Crippen LogP contribution in [-0.2, 0) is 0 Å². The molecular formula is C29H23ClN4O2. The Morgan fingerprint density at radius 1 is 0.861 bits per heavy atom. The van der Waals surface area contributed by atoms with E-state index in [1.807, 2.05) is 57.2 Å². The van der Waals surface area contributed by atoms with Crippen LogP contribution < -0.4 is 0 Å². The van der Waals surface area contributed by atoms with Gasteiger partial charge in [0.15, 0.2) is 5.58 Å². The number of aromatic hydroxyl groups is 1. The van der Waals surface area contributed by atoms with Crippen molar-refractivity contribution in [3.8, 4) is 17.2 Å². The molecule has 0 aliphatic rings. The number of aromatic nitrogens is 1. The Kier molecular flexibility index (Phi) is 6.36. The number of aryl methyl sites for hydroxylation is 3. The van der Waals surface area contributed by atoms with Gasteiger partial charge >= 0.3 is 0 Å². The Hall–Kier alpha value is -4.29. The third kappa shape index (κ3) is 5.04. The first-order valence-corrected chi connectivity index (χ1v) is 11.8. The lowest BCUT2D eigenvalue weighted by molar-refractivity contribution is 0.474. The van der Waals surface area contributed by atoms with Crippen molar-refractivity contribution < 1.29 is 9.52 Å². The average Bonchev–Trinajstić information content (AvgIpc) is 3.28. The van der Waals surface area contributed by atoms with Crippen LogP contribution in [0.15, 0.2) is 92.4 Å². The minimum atomic E-state index is 0.0964. The van der Waals surface area contributed by atoms with E-state index >= 15 is 0 Å². The average molecular weight is 495 g/mol. The second kappa shape index (κ2) is 9.76. The zero-order chi connectivity index (χ0) is 25.2. The van der Waals surface area contributed by atoms with Crippen molar-refractivity contribution in [3.63, 3.8) is 0 Å². The van der Waals surface area contributed by atoms with Gasteiger partial charge in [0, 0.05) is 22.4 Å². The Morgan fingerprint density at radius 3 is 2.47 bits per heavy atom. The molecule has 0 saturated carbocycles. The molecule has 0 aliphatic carbocycles. The number of azo groups is 1. The number of fused-ring (bicyclic) bond motifs is 1. The maximum atomic E-state index is 10.4. The predicted molar refractivity (Wildman–Crippen MR) is 145 cm³/mol. The third-order valence-corrected chi connectivity index (χ3v) is 5.95. The lowest BCUT2D eigenvalue weighted by Gasteiger charge is -2.04. The van der Waals surface area contributed by atoms with Crippen LogP contribution in [-0.4, -0.2) is 16.3 Å². The van der Waals surface area contributed by atoms with Gasteiger partial charge in [-0.25, -0.2) is 4.98 Å².